The number of hydrogen-bond donors (Lipinski definition) is 1. The Morgan fingerprint density at radius 2 is 2.15 bits per heavy atom. The van der Waals surface area contributed by atoms with Gasteiger partial charge in [-0.15, -0.1) is 4.48 Å². The second-order valence-electron chi connectivity index (χ2n) is 3.39. The number of amides is 3. The van der Waals surface area contributed by atoms with Crippen LogP contribution in [-0.2, 0) is 4.74 Å². The van der Waals surface area contributed by atoms with Gasteiger partial charge in [-0.1, -0.05) is 0 Å². The number of methoxy groups -OCH3 is 1. The molecule has 0 spiro atoms. The van der Waals surface area contributed by atoms with Crippen molar-refractivity contribution in [2.45, 2.75) is 25.8 Å². The van der Waals surface area contributed by atoms with Gasteiger partial charge in [0.1, 0.15) is 6.04 Å². The smallest absolute Gasteiger partial charge is 0.423 e. The van der Waals surface area contributed by atoms with E-state index in [1.165, 1.54) is 7.11 Å². The number of quaternary nitrogens is 1. The lowest BCUT2D eigenvalue weighted by Crippen LogP contribution is -2.61. The molecule has 1 saturated heterocycles. The van der Waals surface area contributed by atoms with Crippen LogP contribution < -0.4 is 5.73 Å². The fraction of sp³-hybridized carbons (Fsp3) is 0.750. The number of nitrogens with two attached hydrogens (primary N) is 1. The van der Waals surface area contributed by atoms with Crippen molar-refractivity contribution in [2.24, 2.45) is 5.73 Å². The van der Waals surface area contributed by atoms with Crippen molar-refractivity contribution in [3.05, 3.63) is 0 Å². The Kier molecular flexibility index (Phi) is 2.56. The standard InChI is InChI=1S/C8H14N2O3/c1-6-4-3-5-10(6,7(9)11)8(12)13-2/h6H,3-5H2,1-2H3,(H-,9,11)/p+1/t6-,10?/m1/s1. The highest BCUT2D eigenvalue weighted by atomic mass is 16.5. The molecule has 0 aromatic rings. The number of likely N-dealkylation sites (tertiary alicyclic amines) is 1. The fourth-order valence-electron chi connectivity index (χ4n) is 1.93. The van der Waals surface area contributed by atoms with Crippen molar-refractivity contribution in [3.8, 4) is 0 Å². The largest absolute Gasteiger partial charge is 0.525 e. The van der Waals surface area contributed by atoms with E-state index >= 15 is 0 Å². The van der Waals surface area contributed by atoms with E-state index in [9.17, 15) is 9.59 Å². The van der Waals surface area contributed by atoms with Gasteiger partial charge >= 0.3 is 12.1 Å². The van der Waals surface area contributed by atoms with Crippen molar-refractivity contribution in [3.63, 3.8) is 0 Å². The number of primary amides is 1. The van der Waals surface area contributed by atoms with Crippen LogP contribution in [0.4, 0.5) is 9.59 Å². The highest BCUT2D eigenvalue weighted by molar-refractivity contribution is 5.79. The predicted molar refractivity (Wildman–Crippen MR) is 45.8 cm³/mol. The zero-order chi connectivity index (χ0) is 10.1. The summed E-state index contributed by atoms with van der Waals surface area (Å²) < 4.78 is 4.25. The summed E-state index contributed by atoms with van der Waals surface area (Å²) in [6, 6.07) is -0.679. The molecule has 1 unspecified atom stereocenters. The third kappa shape index (κ3) is 1.29. The highest BCUT2D eigenvalue weighted by Crippen LogP contribution is 2.27. The van der Waals surface area contributed by atoms with Gasteiger partial charge in [0.2, 0.25) is 0 Å². The van der Waals surface area contributed by atoms with Crippen LogP contribution in [0.2, 0.25) is 0 Å². The van der Waals surface area contributed by atoms with Crippen LogP contribution in [0.5, 0.6) is 0 Å². The van der Waals surface area contributed by atoms with E-state index in [-0.39, 0.29) is 10.5 Å². The highest BCUT2D eigenvalue weighted by Gasteiger charge is 2.52. The molecule has 2 atom stereocenters. The fourth-order valence-corrected chi connectivity index (χ4v) is 1.93. The SMILES string of the molecule is COC(=O)[N+]1(C(N)=O)CCC[C@H]1C. The lowest BCUT2D eigenvalue weighted by Gasteiger charge is -2.28. The second kappa shape index (κ2) is 3.33. The molecule has 0 bridgehead atoms. The minimum atomic E-state index is -0.614. The van der Waals surface area contributed by atoms with E-state index in [0.29, 0.717) is 6.54 Å². The van der Waals surface area contributed by atoms with E-state index < -0.39 is 12.1 Å². The number of ether oxygens (including phenoxy) is 1. The van der Waals surface area contributed by atoms with Gasteiger partial charge in [-0.3, -0.25) is 0 Å². The number of rotatable bonds is 0. The van der Waals surface area contributed by atoms with Crippen molar-refractivity contribution >= 4 is 12.1 Å². The molecule has 1 rings (SSSR count). The molecule has 1 heterocycles. The quantitative estimate of drug-likeness (QED) is 0.571. The Morgan fingerprint density at radius 1 is 1.54 bits per heavy atom. The maximum atomic E-state index is 11.4. The third-order valence-electron chi connectivity index (χ3n) is 2.78. The molecule has 5 nitrogen and oxygen atoms in total. The van der Waals surface area contributed by atoms with Crippen molar-refractivity contribution < 1.29 is 18.8 Å². The summed E-state index contributed by atoms with van der Waals surface area (Å²) in [7, 11) is 1.27. The summed E-state index contributed by atoms with van der Waals surface area (Å²) in [5, 5.41) is 0. The minimum Gasteiger partial charge on any atom is -0.423 e. The van der Waals surface area contributed by atoms with Crippen LogP contribution in [0.3, 0.4) is 0 Å². The van der Waals surface area contributed by atoms with Crippen LogP contribution in [0.1, 0.15) is 19.8 Å². The monoisotopic (exact) mass is 187 g/mol. The van der Waals surface area contributed by atoms with Crippen molar-refractivity contribution in [1.29, 1.82) is 0 Å². The first-order chi connectivity index (χ1) is 6.05. The normalized spacial score (nSPS) is 32.9. The van der Waals surface area contributed by atoms with E-state index in [4.69, 9.17) is 5.73 Å². The summed E-state index contributed by atoms with van der Waals surface area (Å²) in [4.78, 5) is 22.7. The van der Waals surface area contributed by atoms with Gasteiger partial charge in [0.05, 0.1) is 13.7 Å². The Morgan fingerprint density at radius 3 is 2.46 bits per heavy atom. The van der Waals surface area contributed by atoms with Crippen LogP contribution in [0.15, 0.2) is 0 Å². The zero-order valence-electron chi connectivity index (χ0n) is 7.95. The van der Waals surface area contributed by atoms with Gasteiger partial charge in [-0.2, -0.15) is 4.79 Å². The Balaban J connectivity index is 3.00. The molecule has 0 radical (unpaired) electrons. The van der Waals surface area contributed by atoms with Crippen LogP contribution in [-0.4, -0.2) is 36.3 Å². The van der Waals surface area contributed by atoms with Gasteiger partial charge in [-0.25, -0.2) is 4.79 Å². The molecule has 1 aliphatic rings. The molecule has 74 valence electrons. The molecule has 0 aliphatic carbocycles. The van der Waals surface area contributed by atoms with Crippen LogP contribution >= 0.6 is 0 Å². The molecule has 3 amide bonds. The first-order valence-corrected chi connectivity index (χ1v) is 4.32. The number of hydrogen-bond acceptors (Lipinski definition) is 3. The topological polar surface area (TPSA) is 69.4 Å². The average Bonchev–Trinajstić information content (AvgIpc) is 2.47. The summed E-state index contributed by atoms with van der Waals surface area (Å²) in [5.74, 6) is 0. The molecule has 13 heavy (non-hydrogen) atoms. The number of carbonyl (C=O) groups excluding carboxylic acids is 2. The van der Waals surface area contributed by atoms with Crippen LogP contribution in [0, 0.1) is 0 Å². The Bertz CT molecular complexity index is 242. The van der Waals surface area contributed by atoms with E-state index in [2.05, 4.69) is 4.74 Å². The first-order valence-electron chi connectivity index (χ1n) is 4.32. The maximum absolute atomic E-state index is 11.4. The molecule has 1 fully saturated rings. The van der Waals surface area contributed by atoms with Crippen molar-refractivity contribution in [1.82, 2.24) is 0 Å². The van der Waals surface area contributed by atoms with Gasteiger partial charge in [0.15, 0.2) is 0 Å². The summed E-state index contributed by atoms with van der Waals surface area (Å²) >= 11 is 0. The Labute approximate surface area is 77.0 Å². The van der Waals surface area contributed by atoms with E-state index in [1.807, 2.05) is 6.92 Å². The van der Waals surface area contributed by atoms with Gasteiger partial charge in [0.25, 0.3) is 0 Å². The molecular weight excluding hydrogens is 172 g/mol. The molecule has 1 aliphatic heterocycles. The van der Waals surface area contributed by atoms with Crippen molar-refractivity contribution in [2.75, 3.05) is 13.7 Å². The number of carbonyl (C=O) groups is 2. The van der Waals surface area contributed by atoms with Gasteiger partial charge < -0.3 is 10.5 Å². The molecule has 2 N–H and O–H groups in total. The summed E-state index contributed by atoms with van der Waals surface area (Å²) in [6.45, 7) is 2.30. The summed E-state index contributed by atoms with van der Waals surface area (Å²) in [6.07, 6.45) is 1.12. The molecule has 0 aromatic heterocycles. The van der Waals surface area contributed by atoms with Crippen LogP contribution in [0.25, 0.3) is 0 Å². The second-order valence-corrected chi connectivity index (χ2v) is 3.39. The average molecular weight is 187 g/mol. The van der Waals surface area contributed by atoms with E-state index in [1.54, 1.807) is 0 Å². The maximum Gasteiger partial charge on any atom is 0.525 e. The molecule has 0 aromatic carbocycles. The van der Waals surface area contributed by atoms with E-state index in [0.717, 1.165) is 12.8 Å². The third-order valence-corrected chi connectivity index (χ3v) is 2.78. The Hall–Kier alpha value is -1.10. The molecule has 0 saturated carbocycles. The number of imide groups is 1. The number of urea groups is 1. The summed E-state index contributed by atoms with van der Waals surface area (Å²) in [5.41, 5.74) is 5.23. The lowest BCUT2D eigenvalue weighted by atomic mass is 10.2. The number of nitrogens with zero attached hydrogens (tertiary/aromatic N) is 1. The zero-order valence-corrected chi connectivity index (χ0v) is 7.95. The minimum absolute atomic E-state index is 0.0649. The lowest BCUT2D eigenvalue weighted by molar-refractivity contribution is -0.786. The molecule has 5 heteroatoms. The molecular formula is C8H15N2O3+. The van der Waals surface area contributed by atoms with Gasteiger partial charge in [0, 0.05) is 12.8 Å². The first kappa shape index (κ1) is 9.98. The predicted octanol–water partition coefficient (Wildman–Crippen LogP) is 0.831. The van der Waals surface area contributed by atoms with Gasteiger partial charge in [-0.05, 0) is 6.92 Å².